The molecule has 0 bridgehead atoms. The summed E-state index contributed by atoms with van der Waals surface area (Å²) in [5.41, 5.74) is 14.7. The molecule has 2 heterocycles. The van der Waals surface area contributed by atoms with E-state index in [1.54, 1.807) is 0 Å². The maximum absolute atomic E-state index is 6.70. The van der Waals surface area contributed by atoms with Crippen molar-refractivity contribution in [1.29, 1.82) is 0 Å². The molecule has 0 atom stereocenters. The van der Waals surface area contributed by atoms with Gasteiger partial charge in [-0.2, -0.15) is 0 Å². The summed E-state index contributed by atoms with van der Waals surface area (Å²) in [4.78, 5) is 5.64. The number of benzene rings is 8. The van der Waals surface area contributed by atoms with E-state index in [-0.39, 0.29) is 0 Å². The molecule has 0 fully saturated rings. The third-order valence-corrected chi connectivity index (χ3v) is 10.9. The van der Waals surface area contributed by atoms with Crippen LogP contribution in [0.4, 0.5) is 0 Å². The van der Waals surface area contributed by atoms with E-state index in [1.807, 2.05) is 0 Å². The molecule has 256 valence electrons. The highest BCUT2D eigenvalue weighted by atomic mass is 16.3. The van der Waals surface area contributed by atoms with Crippen LogP contribution in [0, 0.1) is 0 Å². The molecule has 0 N–H and O–H groups in total. The Morgan fingerprint density at radius 3 is 1.74 bits per heavy atom. The van der Waals surface area contributed by atoms with Gasteiger partial charge in [-0.15, -0.1) is 0 Å². The fourth-order valence-corrected chi connectivity index (χ4v) is 8.22. The summed E-state index contributed by atoms with van der Waals surface area (Å²) in [5.74, 6) is 0. The Balaban J connectivity index is 1.14. The van der Waals surface area contributed by atoms with Gasteiger partial charge in [0.25, 0.3) is 0 Å². The van der Waals surface area contributed by atoms with Crippen LogP contribution < -0.4 is 0 Å². The summed E-state index contributed by atoms with van der Waals surface area (Å²) in [6.45, 7) is 2.25. The van der Waals surface area contributed by atoms with E-state index in [1.165, 1.54) is 44.2 Å². The van der Waals surface area contributed by atoms with Gasteiger partial charge in [-0.1, -0.05) is 159 Å². The lowest BCUT2D eigenvalue weighted by Crippen LogP contribution is -2.01. The van der Waals surface area contributed by atoms with Gasteiger partial charge in [-0.05, 0) is 91.9 Å². The zero-order valence-corrected chi connectivity index (χ0v) is 30.1. The summed E-state index contributed by atoms with van der Waals surface area (Å²) in [6.07, 6.45) is 3.96. The van der Waals surface area contributed by atoms with E-state index in [0.717, 1.165) is 67.2 Å². The van der Waals surface area contributed by atoms with E-state index in [0.29, 0.717) is 6.42 Å². The molecule has 1 aromatic heterocycles. The fraction of sp³-hybridized carbons (Fsp3) is 0.0577. The first-order valence-electron chi connectivity index (χ1n) is 18.8. The van der Waals surface area contributed by atoms with Gasteiger partial charge < -0.3 is 4.42 Å². The normalized spacial score (nSPS) is 13.4. The molecule has 8 aromatic carbocycles. The highest BCUT2D eigenvalue weighted by Crippen LogP contribution is 2.41. The lowest BCUT2D eigenvalue weighted by atomic mass is 9.90. The minimum atomic E-state index is 0.698. The number of furan rings is 1. The number of allylic oxidation sites excluding steroid dienone is 3. The zero-order chi connectivity index (χ0) is 36.0. The van der Waals surface area contributed by atoms with Gasteiger partial charge in [0.1, 0.15) is 11.2 Å². The number of hydrogen-bond acceptors (Lipinski definition) is 2. The van der Waals surface area contributed by atoms with Crippen LogP contribution in [0.15, 0.2) is 197 Å². The van der Waals surface area contributed by atoms with Crippen molar-refractivity contribution in [3.05, 3.63) is 204 Å². The van der Waals surface area contributed by atoms with E-state index in [9.17, 15) is 0 Å². The Morgan fingerprint density at radius 2 is 1.06 bits per heavy atom. The van der Waals surface area contributed by atoms with Gasteiger partial charge in [0.15, 0.2) is 0 Å². The van der Waals surface area contributed by atoms with Crippen LogP contribution in [0.25, 0.3) is 77.0 Å². The van der Waals surface area contributed by atoms with Crippen molar-refractivity contribution < 1.29 is 4.42 Å². The lowest BCUT2D eigenvalue weighted by molar-refractivity contribution is 0.673. The first-order valence-corrected chi connectivity index (χ1v) is 18.8. The molecule has 0 unspecified atom stereocenters. The second-order valence-corrected chi connectivity index (χ2v) is 14.1. The summed E-state index contributed by atoms with van der Waals surface area (Å²) in [7, 11) is 0. The van der Waals surface area contributed by atoms with Crippen molar-refractivity contribution in [3.8, 4) is 22.3 Å². The van der Waals surface area contributed by atoms with E-state index >= 15 is 0 Å². The Kier molecular flexibility index (Phi) is 7.88. The monoisotopic (exact) mass is 691 g/mol. The third-order valence-electron chi connectivity index (χ3n) is 10.9. The minimum Gasteiger partial charge on any atom is -0.455 e. The van der Waals surface area contributed by atoms with Crippen molar-refractivity contribution in [2.45, 2.75) is 19.8 Å². The molecule has 9 aromatic rings. The van der Waals surface area contributed by atoms with Crippen molar-refractivity contribution in [2.24, 2.45) is 4.99 Å². The van der Waals surface area contributed by atoms with Gasteiger partial charge >= 0.3 is 0 Å². The maximum atomic E-state index is 6.70. The topological polar surface area (TPSA) is 25.5 Å². The van der Waals surface area contributed by atoms with Crippen molar-refractivity contribution in [1.82, 2.24) is 0 Å². The second kappa shape index (κ2) is 13.3. The Labute approximate surface area is 315 Å². The van der Waals surface area contributed by atoms with Crippen LogP contribution in [0.2, 0.25) is 0 Å². The molecule has 1 aliphatic rings. The molecular weight excluding hydrogens is 655 g/mol. The highest BCUT2D eigenvalue weighted by Gasteiger charge is 2.22. The molecule has 2 heteroatoms. The van der Waals surface area contributed by atoms with Crippen LogP contribution in [-0.4, -0.2) is 5.71 Å². The van der Waals surface area contributed by atoms with E-state index in [4.69, 9.17) is 9.41 Å². The number of nitrogens with zero attached hydrogens (tertiary/aromatic N) is 1. The smallest absolute Gasteiger partial charge is 0.143 e. The number of fused-ring (bicyclic) bond motifs is 6. The van der Waals surface area contributed by atoms with Crippen LogP contribution in [0.5, 0.6) is 0 Å². The molecule has 0 saturated heterocycles. The lowest BCUT2D eigenvalue weighted by Gasteiger charge is -2.15. The third kappa shape index (κ3) is 5.55. The van der Waals surface area contributed by atoms with E-state index < -0.39 is 0 Å². The molecule has 0 amide bonds. The van der Waals surface area contributed by atoms with Crippen LogP contribution >= 0.6 is 0 Å². The van der Waals surface area contributed by atoms with Gasteiger partial charge in [0, 0.05) is 33.7 Å². The summed E-state index contributed by atoms with van der Waals surface area (Å²) < 4.78 is 6.70. The minimum absolute atomic E-state index is 0.698. The molecule has 0 saturated carbocycles. The Morgan fingerprint density at radius 1 is 0.481 bits per heavy atom. The molecule has 1 aliphatic heterocycles. The van der Waals surface area contributed by atoms with Crippen molar-refractivity contribution in [2.75, 3.05) is 0 Å². The molecule has 10 rings (SSSR count). The second-order valence-electron chi connectivity index (χ2n) is 14.1. The van der Waals surface area contributed by atoms with Crippen LogP contribution in [0.1, 0.15) is 36.5 Å². The average Bonchev–Trinajstić information content (AvgIpc) is 3.50. The van der Waals surface area contributed by atoms with Gasteiger partial charge in [0.05, 0.1) is 11.4 Å². The number of hydrogen-bond donors (Lipinski definition) is 0. The predicted molar refractivity (Wildman–Crippen MR) is 229 cm³/mol. The van der Waals surface area contributed by atoms with Gasteiger partial charge in [-0.25, -0.2) is 0 Å². The summed E-state index contributed by atoms with van der Waals surface area (Å²) in [5, 5.41) is 6.94. The zero-order valence-electron chi connectivity index (χ0n) is 30.1. The predicted octanol–water partition coefficient (Wildman–Crippen LogP) is 14.3. The summed E-state index contributed by atoms with van der Waals surface area (Å²) >= 11 is 0. The highest BCUT2D eigenvalue weighted by molar-refractivity contribution is 6.23. The standard InChI is InChI=1S/C52H37NO/c1-2-42-43(41-25-24-38-30-37(22-23-39(38)31-41)34-14-6-3-7-15-34)28-29-49(53-51(42)36-18-10-5-11-19-36)47-33-48-45-27-26-40(35-16-8-4-9-17-35)32-50(45)54-52(48)46-21-13-12-20-44(46)47/h3-28,30-33H,2,29H2,1H3. The van der Waals surface area contributed by atoms with E-state index in [2.05, 4.69) is 189 Å². The summed E-state index contributed by atoms with van der Waals surface area (Å²) in [6, 6.07) is 63.0. The largest absolute Gasteiger partial charge is 0.455 e. The SMILES string of the molecule is CCC1=C(c2ccccc2)N=C(c2cc3c4ccc(-c5ccccc5)cc4oc3c3ccccc23)CC=C1c1ccc2cc(-c3ccccc3)ccc2c1. The molecule has 54 heavy (non-hydrogen) atoms. The number of rotatable bonds is 6. The van der Waals surface area contributed by atoms with Crippen molar-refractivity contribution >= 4 is 60.5 Å². The van der Waals surface area contributed by atoms with Crippen LogP contribution in [0.3, 0.4) is 0 Å². The molecule has 0 spiro atoms. The number of aliphatic imine (C=N–C) groups is 1. The molecule has 0 aliphatic carbocycles. The van der Waals surface area contributed by atoms with Crippen molar-refractivity contribution in [3.63, 3.8) is 0 Å². The first-order chi connectivity index (χ1) is 26.7. The molecule has 2 nitrogen and oxygen atoms in total. The van der Waals surface area contributed by atoms with Crippen LogP contribution in [-0.2, 0) is 0 Å². The quantitative estimate of drug-likeness (QED) is 0.170. The average molecular weight is 692 g/mol. The molecular formula is C52H37NO. The first kappa shape index (κ1) is 31.9. The molecule has 0 radical (unpaired) electrons. The Bertz CT molecular complexity index is 2960. The Hall–Kier alpha value is -6.77. The van der Waals surface area contributed by atoms with Gasteiger partial charge in [0.2, 0.25) is 0 Å². The van der Waals surface area contributed by atoms with Gasteiger partial charge in [-0.3, -0.25) is 4.99 Å². The maximum Gasteiger partial charge on any atom is 0.143 e. The fourth-order valence-electron chi connectivity index (χ4n) is 8.22.